The Bertz CT molecular complexity index is 624. The summed E-state index contributed by atoms with van der Waals surface area (Å²) >= 11 is 0. The number of furan rings is 1. The minimum atomic E-state index is -3.67. The Hall–Kier alpha value is -1.34. The Balaban J connectivity index is 2.74. The van der Waals surface area contributed by atoms with Crippen molar-refractivity contribution in [3.05, 3.63) is 17.4 Å². The van der Waals surface area contributed by atoms with Crippen molar-refractivity contribution in [2.45, 2.75) is 45.6 Å². The van der Waals surface area contributed by atoms with Crippen LogP contribution in [-0.4, -0.2) is 39.3 Å². The van der Waals surface area contributed by atoms with Crippen LogP contribution in [-0.2, 0) is 10.0 Å². The Morgan fingerprint density at radius 3 is 2.41 bits per heavy atom. The number of rotatable bonds is 6. The van der Waals surface area contributed by atoms with Crippen LogP contribution in [0.15, 0.2) is 15.6 Å². The van der Waals surface area contributed by atoms with Gasteiger partial charge in [0.25, 0.3) is 15.9 Å². The van der Waals surface area contributed by atoms with Crippen molar-refractivity contribution in [3.8, 4) is 0 Å². The number of aryl methyl sites for hydroxylation is 1. The molecule has 0 atom stereocenters. The Labute approximate surface area is 132 Å². The quantitative estimate of drug-likeness (QED) is 0.812. The monoisotopic (exact) mass is 330 g/mol. The van der Waals surface area contributed by atoms with Crippen molar-refractivity contribution in [1.29, 1.82) is 0 Å². The number of sulfonamides is 1. The first-order valence-electron chi connectivity index (χ1n) is 7.26. The lowest BCUT2D eigenvalue weighted by atomic mass is 9.91. The van der Waals surface area contributed by atoms with Gasteiger partial charge in [0.05, 0.1) is 5.56 Å². The van der Waals surface area contributed by atoms with E-state index in [-0.39, 0.29) is 22.0 Å². The fraction of sp³-hybridized carbons (Fsp3) is 0.667. The van der Waals surface area contributed by atoms with Crippen molar-refractivity contribution in [2.75, 3.05) is 20.6 Å². The summed E-state index contributed by atoms with van der Waals surface area (Å²) in [5.74, 6) is -0.0101. The summed E-state index contributed by atoms with van der Waals surface area (Å²) in [6.45, 7) is 8.57. The maximum Gasteiger partial charge on any atom is 0.275 e. The molecule has 0 fully saturated rings. The fourth-order valence-corrected chi connectivity index (χ4v) is 2.76. The summed E-state index contributed by atoms with van der Waals surface area (Å²) < 4.78 is 30.3. The molecule has 126 valence electrons. The highest BCUT2D eigenvalue weighted by Crippen LogP contribution is 2.22. The zero-order chi connectivity index (χ0) is 17.1. The second-order valence-electron chi connectivity index (χ2n) is 6.74. The van der Waals surface area contributed by atoms with Gasteiger partial charge in [0, 0.05) is 26.7 Å². The molecule has 22 heavy (non-hydrogen) atoms. The van der Waals surface area contributed by atoms with E-state index in [0.717, 1.165) is 17.1 Å². The Morgan fingerprint density at radius 2 is 1.91 bits per heavy atom. The lowest BCUT2D eigenvalue weighted by molar-refractivity contribution is 0.0950. The predicted octanol–water partition coefficient (Wildman–Crippen LogP) is 2.39. The topological polar surface area (TPSA) is 79.6 Å². The van der Waals surface area contributed by atoms with Crippen LogP contribution in [0.4, 0.5) is 0 Å². The molecular weight excluding hydrogens is 304 g/mol. The third-order valence-corrected chi connectivity index (χ3v) is 4.93. The number of carbonyl (C=O) groups excluding carboxylic acids is 1. The van der Waals surface area contributed by atoms with Crippen molar-refractivity contribution in [1.82, 2.24) is 9.62 Å². The van der Waals surface area contributed by atoms with E-state index in [1.54, 1.807) is 6.92 Å². The SMILES string of the molecule is Cc1oc(S(=O)(=O)N(C)C)cc1C(=O)NCCCC(C)(C)C. The minimum Gasteiger partial charge on any atom is -0.448 e. The van der Waals surface area contributed by atoms with Crippen LogP contribution in [0.5, 0.6) is 0 Å². The average molecular weight is 330 g/mol. The molecule has 0 radical (unpaired) electrons. The first-order valence-corrected chi connectivity index (χ1v) is 8.70. The maximum absolute atomic E-state index is 12.1. The third-order valence-electron chi connectivity index (χ3n) is 3.26. The van der Waals surface area contributed by atoms with Crippen LogP contribution < -0.4 is 5.32 Å². The molecule has 1 N–H and O–H groups in total. The van der Waals surface area contributed by atoms with Gasteiger partial charge in [-0.15, -0.1) is 0 Å². The molecule has 1 heterocycles. The number of hydrogen-bond acceptors (Lipinski definition) is 4. The highest BCUT2D eigenvalue weighted by molar-refractivity contribution is 7.88. The molecule has 0 spiro atoms. The molecule has 1 rings (SSSR count). The van der Waals surface area contributed by atoms with Crippen LogP contribution in [0, 0.1) is 12.3 Å². The number of nitrogens with one attached hydrogen (secondary N) is 1. The molecule has 0 unspecified atom stereocenters. The van der Waals surface area contributed by atoms with E-state index in [0.29, 0.717) is 12.3 Å². The van der Waals surface area contributed by atoms with Crippen LogP contribution in [0.25, 0.3) is 0 Å². The zero-order valence-corrected chi connectivity index (χ0v) is 15.0. The molecule has 6 nitrogen and oxygen atoms in total. The molecule has 0 bridgehead atoms. The van der Waals surface area contributed by atoms with Crippen LogP contribution in [0.2, 0.25) is 0 Å². The second kappa shape index (κ2) is 6.83. The number of amides is 1. The van der Waals surface area contributed by atoms with E-state index in [1.165, 1.54) is 20.2 Å². The predicted molar refractivity (Wildman–Crippen MR) is 85.3 cm³/mol. The number of carbonyl (C=O) groups is 1. The maximum atomic E-state index is 12.1. The van der Waals surface area contributed by atoms with Crippen molar-refractivity contribution >= 4 is 15.9 Å². The number of nitrogens with zero attached hydrogens (tertiary/aromatic N) is 1. The fourth-order valence-electron chi connectivity index (χ4n) is 1.90. The van der Waals surface area contributed by atoms with E-state index in [2.05, 4.69) is 26.1 Å². The summed E-state index contributed by atoms with van der Waals surface area (Å²) in [4.78, 5) is 12.1. The molecule has 1 aromatic heterocycles. The molecule has 0 aliphatic carbocycles. The standard InChI is InChI=1S/C15H26N2O4S/c1-11-12(10-13(21-11)22(19,20)17(5)6)14(18)16-9-7-8-15(2,3)4/h10H,7-9H2,1-6H3,(H,16,18). The van der Waals surface area contributed by atoms with Gasteiger partial charge in [0.1, 0.15) is 5.76 Å². The van der Waals surface area contributed by atoms with Gasteiger partial charge in [-0.25, -0.2) is 12.7 Å². The molecule has 0 saturated carbocycles. The Morgan fingerprint density at radius 1 is 1.32 bits per heavy atom. The van der Waals surface area contributed by atoms with Gasteiger partial charge in [0.2, 0.25) is 5.09 Å². The summed E-state index contributed by atoms with van der Waals surface area (Å²) in [6.07, 6.45) is 1.87. The van der Waals surface area contributed by atoms with Gasteiger partial charge in [-0.2, -0.15) is 0 Å². The summed E-state index contributed by atoms with van der Waals surface area (Å²) in [6, 6.07) is 1.28. The van der Waals surface area contributed by atoms with Crippen LogP contribution in [0.1, 0.15) is 49.7 Å². The highest BCUT2D eigenvalue weighted by atomic mass is 32.2. The highest BCUT2D eigenvalue weighted by Gasteiger charge is 2.25. The van der Waals surface area contributed by atoms with Gasteiger partial charge in [-0.3, -0.25) is 4.79 Å². The van der Waals surface area contributed by atoms with Crippen LogP contribution >= 0.6 is 0 Å². The average Bonchev–Trinajstić information content (AvgIpc) is 2.76. The first-order chi connectivity index (χ1) is 9.95. The van der Waals surface area contributed by atoms with Gasteiger partial charge in [-0.1, -0.05) is 20.8 Å². The third kappa shape index (κ3) is 4.84. The largest absolute Gasteiger partial charge is 0.448 e. The van der Waals surface area contributed by atoms with Gasteiger partial charge in [0.15, 0.2) is 0 Å². The van der Waals surface area contributed by atoms with Gasteiger partial charge >= 0.3 is 0 Å². The molecule has 0 aliphatic heterocycles. The molecule has 0 aromatic carbocycles. The van der Waals surface area contributed by atoms with Gasteiger partial charge in [-0.05, 0) is 25.2 Å². The summed E-state index contributed by atoms with van der Waals surface area (Å²) in [5, 5.41) is 2.59. The van der Waals surface area contributed by atoms with Crippen molar-refractivity contribution in [3.63, 3.8) is 0 Å². The molecule has 7 heteroatoms. The molecule has 0 aliphatic rings. The molecular formula is C15H26N2O4S. The normalized spacial score (nSPS) is 12.7. The van der Waals surface area contributed by atoms with E-state index < -0.39 is 10.0 Å². The lowest BCUT2D eigenvalue weighted by Gasteiger charge is -2.17. The van der Waals surface area contributed by atoms with E-state index in [4.69, 9.17) is 4.42 Å². The van der Waals surface area contributed by atoms with Crippen LogP contribution in [0.3, 0.4) is 0 Å². The van der Waals surface area contributed by atoms with Gasteiger partial charge < -0.3 is 9.73 Å². The zero-order valence-electron chi connectivity index (χ0n) is 14.2. The van der Waals surface area contributed by atoms with E-state index in [9.17, 15) is 13.2 Å². The molecule has 0 saturated heterocycles. The minimum absolute atomic E-state index is 0.213. The molecule has 1 amide bonds. The molecule has 1 aromatic rings. The Kier molecular flexibility index (Phi) is 5.81. The van der Waals surface area contributed by atoms with Crippen molar-refractivity contribution < 1.29 is 17.6 Å². The van der Waals surface area contributed by atoms with E-state index in [1.807, 2.05) is 0 Å². The first kappa shape index (κ1) is 18.7. The van der Waals surface area contributed by atoms with Crippen molar-refractivity contribution in [2.24, 2.45) is 5.41 Å². The smallest absolute Gasteiger partial charge is 0.275 e. The summed E-state index contributed by atoms with van der Waals surface area (Å²) in [5.41, 5.74) is 0.486. The summed E-state index contributed by atoms with van der Waals surface area (Å²) in [7, 11) is -0.838. The number of hydrogen-bond donors (Lipinski definition) is 1. The lowest BCUT2D eigenvalue weighted by Crippen LogP contribution is -2.25. The second-order valence-corrected chi connectivity index (χ2v) is 8.83. The van der Waals surface area contributed by atoms with E-state index >= 15 is 0 Å².